The molecule has 2 aromatic rings. The van der Waals surface area contributed by atoms with Crippen LogP contribution >= 0.6 is 0 Å². The molecule has 0 aromatic heterocycles. The van der Waals surface area contributed by atoms with Gasteiger partial charge < -0.3 is 9.64 Å². The fourth-order valence-electron chi connectivity index (χ4n) is 5.35. The lowest BCUT2D eigenvalue weighted by atomic mass is 9.75. The monoisotopic (exact) mass is 462 g/mol. The molecule has 3 rings (SSSR count). The largest absolute Gasteiger partial charge is 0.461 e. The summed E-state index contributed by atoms with van der Waals surface area (Å²) >= 11 is 0. The molecular weight excluding hydrogens is 420 g/mol. The minimum atomic E-state index is -0.479. The molecule has 0 bridgehead atoms. The van der Waals surface area contributed by atoms with Gasteiger partial charge in [-0.05, 0) is 54.7 Å². The van der Waals surface area contributed by atoms with Crippen molar-refractivity contribution < 1.29 is 9.53 Å². The van der Waals surface area contributed by atoms with E-state index in [9.17, 15) is 4.79 Å². The minimum Gasteiger partial charge on any atom is -0.461 e. The Labute approximate surface area is 206 Å². The number of aryl methyl sites for hydroxylation is 1. The van der Waals surface area contributed by atoms with Gasteiger partial charge in [-0.2, -0.15) is 0 Å². The summed E-state index contributed by atoms with van der Waals surface area (Å²) in [6.07, 6.45) is 4.55. The lowest BCUT2D eigenvalue weighted by Gasteiger charge is -2.39. The third-order valence-electron chi connectivity index (χ3n) is 7.31. The third-order valence-corrected chi connectivity index (χ3v) is 7.31. The van der Waals surface area contributed by atoms with E-state index in [1.807, 2.05) is 37.4 Å². The Morgan fingerprint density at radius 3 is 2.38 bits per heavy atom. The fraction of sp³-hybridized carbons (Fsp3) is 0.533. The van der Waals surface area contributed by atoms with Gasteiger partial charge >= 0.3 is 5.97 Å². The zero-order valence-electron chi connectivity index (χ0n) is 21.8. The molecule has 0 aliphatic heterocycles. The van der Waals surface area contributed by atoms with Gasteiger partial charge in [-0.15, -0.1) is 0 Å². The van der Waals surface area contributed by atoms with Crippen LogP contribution in [0.3, 0.4) is 0 Å². The smallest absolute Gasteiger partial charge is 0.329 e. The van der Waals surface area contributed by atoms with E-state index < -0.39 is 6.04 Å². The van der Waals surface area contributed by atoms with Crippen molar-refractivity contribution >= 4 is 17.5 Å². The van der Waals surface area contributed by atoms with E-state index in [-0.39, 0.29) is 12.1 Å². The Balaban J connectivity index is 2.02. The summed E-state index contributed by atoms with van der Waals surface area (Å²) < 4.78 is 6.42. The summed E-state index contributed by atoms with van der Waals surface area (Å²) in [5.41, 5.74) is 3.25. The molecule has 1 fully saturated rings. The van der Waals surface area contributed by atoms with Gasteiger partial charge in [-0.1, -0.05) is 82.6 Å². The lowest BCUT2D eigenvalue weighted by Crippen LogP contribution is -2.49. The fourth-order valence-corrected chi connectivity index (χ4v) is 5.35. The number of aliphatic imine (C=N–C) groups is 1. The van der Waals surface area contributed by atoms with Crippen molar-refractivity contribution in [3.05, 3.63) is 65.7 Å². The zero-order chi connectivity index (χ0) is 24.7. The quantitative estimate of drug-likeness (QED) is 0.245. The Hall–Kier alpha value is -2.62. The van der Waals surface area contributed by atoms with E-state index in [0.717, 1.165) is 41.9 Å². The highest BCUT2D eigenvalue weighted by Crippen LogP contribution is 2.36. The van der Waals surface area contributed by atoms with Gasteiger partial charge in [-0.3, -0.25) is 4.99 Å². The first-order valence-electron chi connectivity index (χ1n) is 12.9. The summed E-state index contributed by atoms with van der Waals surface area (Å²) in [4.78, 5) is 20.8. The first-order chi connectivity index (χ1) is 16.3. The van der Waals surface area contributed by atoms with Gasteiger partial charge in [0.05, 0.1) is 0 Å². The van der Waals surface area contributed by atoms with Crippen molar-refractivity contribution in [1.29, 1.82) is 0 Å². The average Bonchev–Trinajstić information content (AvgIpc) is 2.82. The molecule has 0 N–H and O–H groups in total. The normalized spacial score (nSPS) is 21.9. The van der Waals surface area contributed by atoms with Gasteiger partial charge in [0.15, 0.2) is 0 Å². The molecule has 184 valence electrons. The minimum absolute atomic E-state index is 0.0307. The number of carbonyl (C=O) groups excluding carboxylic acids is 1. The number of rotatable bonds is 8. The molecule has 4 heteroatoms. The molecule has 4 atom stereocenters. The van der Waals surface area contributed by atoms with Gasteiger partial charge in [0.25, 0.3) is 0 Å². The number of para-hydroxylation sites is 1. The summed E-state index contributed by atoms with van der Waals surface area (Å²) in [7, 11) is 1.81. The molecular formula is C30H42N2O2. The van der Waals surface area contributed by atoms with E-state index in [0.29, 0.717) is 24.2 Å². The molecule has 0 unspecified atom stereocenters. The average molecular weight is 463 g/mol. The SMILES string of the molecule is CCC(=NC)N(c1ccccc1C)[C@H](Cc1ccccc1)C(=O)O[C@@H]1C[C@H](C)CC[C@H]1C(C)C. The number of nitrogens with zero attached hydrogens (tertiary/aromatic N) is 2. The number of anilines is 1. The van der Waals surface area contributed by atoms with Crippen molar-refractivity contribution in [1.82, 2.24) is 0 Å². The number of hydrogen-bond donors (Lipinski definition) is 0. The van der Waals surface area contributed by atoms with E-state index in [1.54, 1.807) is 0 Å². The van der Waals surface area contributed by atoms with Crippen LogP contribution in [0.15, 0.2) is 59.6 Å². The molecule has 0 amide bonds. The van der Waals surface area contributed by atoms with Crippen LogP contribution in [0.4, 0.5) is 5.69 Å². The van der Waals surface area contributed by atoms with Crippen LogP contribution in [0.1, 0.15) is 64.5 Å². The number of ether oxygens (including phenoxy) is 1. The summed E-state index contributed by atoms with van der Waals surface area (Å²) in [6.45, 7) is 11.0. The highest BCUT2D eigenvalue weighted by atomic mass is 16.5. The molecule has 4 nitrogen and oxygen atoms in total. The van der Waals surface area contributed by atoms with Crippen LogP contribution in [0.25, 0.3) is 0 Å². The predicted octanol–water partition coefficient (Wildman–Crippen LogP) is 6.86. The number of amidine groups is 1. The van der Waals surface area contributed by atoms with Crippen LogP contribution in [-0.4, -0.2) is 31.0 Å². The van der Waals surface area contributed by atoms with Gasteiger partial charge in [0.2, 0.25) is 0 Å². The topological polar surface area (TPSA) is 41.9 Å². The number of esters is 1. The number of carbonyl (C=O) groups is 1. The Bertz CT molecular complexity index is 953. The van der Waals surface area contributed by atoms with Crippen LogP contribution in [0.2, 0.25) is 0 Å². The van der Waals surface area contributed by atoms with Crippen molar-refractivity contribution in [2.45, 2.75) is 78.9 Å². The number of hydrogen-bond acceptors (Lipinski definition) is 3. The second-order valence-electron chi connectivity index (χ2n) is 10.2. The second-order valence-corrected chi connectivity index (χ2v) is 10.2. The first-order valence-corrected chi connectivity index (χ1v) is 12.9. The van der Waals surface area contributed by atoms with Crippen molar-refractivity contribution in [3.8, 4) is 0 Å². The molecule has 0 saturated heterocycles. The summed E-state index contributed by atoms with van der Waals surface area (Å²) in [6, 6.07) is 18.0. The van der Waals surface area contributed by atoms with Crippen molar-refractivity contribution in [3.63, 3.8) is 0 Å². The van der Waals surface area contributed by atoms with Crippen molar-refractivity contribution in [2.24, 2.45) is 22.7 Å². The molecule has 0 spiro atoms. The predicted molar refractivity (Wildman–Crippen MR) is 142 cm³/mol. The van der Waals surface area contributed by atoms with E-state index in [2.05, 4.69) is 68.8 Å². The van der Waals surface area contributed by atoms with E-state index in [1.165, 1.54) is 6.42 Å². The third kappa shape index (κ3) is 6.28. The summed E-state index contributed by atoms with van der Waals surface area (Å²) in [5, 5.41) is 0. The first kappa shape index (κ1) is 26.0. The molecule has 1 aliphatic carbocycles. The molecule has 1 aliphatic rings. The van der Waals surface area contributed by atoms with Crippen molar-refractivity contribution in [2.75, 3.05) is 11.9 Å². The van der Waals surface area contributed by atoms with E-state index >= 15 is 0 Å². The van der Waals surface area contributed by atoms with Gasteiger partial charge in [0.1, 0.15) is 18.0 Å². The molecule has 1 saturated carbocycles. The lowest BCUT2D eigenvalue weighted by molar-refractivity contribution is -0.157. The van der Waals surface area contributed by atoms with Crippen LogP contribution in [0, 0.1) is 24.7 Å². The van der Waals surface area contributed by atoms with Crippen LogP contribution in [-0.2, 0) is 16.0 Å². The Kier molecular flexibility index (Phi) is 9.32. The van der Waals surface area contributed by atoms with Crippen LogP contribution in [0.5, 0.6) is 0 Å². The molecule has 2 aromatic carbocycles. The van der Waals surface area contributed by atoms with E-state index in [4.69, 9.17) is 4.74 Å². The molecule has 0 heterocycles. The van der Waals surface area contributed by atoms with Gasteiger partial charge in [0, 0.05) is 25.6 Å². The van der Waals surface area contributed by atoms with Gasteiger partial charge in [-0.25, -0.2) is 4.79 Å². The standard InChI is InChI=1S/C30H42N2O2/c1-7-29(31-6)32(26-16-12-11-13-23(26)5)27(20-24-14-9-8-10-15-24)30(33)34-28-19-22(4)17-18-25(28)21(2)3/h8-16,21-22,25,27-28H,7,17-20H2,1-6H3/t22-,25+,27-,28-/m1/s1. The maximum absolute atomic E-state index is 14.0. The maximum atomic E-state index is 14.0. The maximum Gasteiger partial charge on any atom is 0.329 e. The Morgan fingerprint density at radius 2 is 1.76 bits per heavy atom. The molecule has 34 heavy (non-hydrogen) atoms. The second kappa shape index (κ2) is 12.2. The number of benzene rings is 2. The summed E-state index contributed by atoms with van der Waals surface area (Å²) in [5.74, 6) is 2.23. The van der Waals surface area contributed by atoms with Crippen LogP contribution < -0.4 is 4.90 Å². The highest BCUT2D eigenvalue weighted by Gasteiger charge is 2.37. The highest BCUT2D eigenvalue weighted by molar-refractivity contribution is 6.03. The zero-order valence-corrected chi connectivity index (χ0v) is 21.8. The Morgan fingerprint density at radius 1 is 1.09 bits per heavy atom. The molecule has 0 radical (unpaired) electrons.